The average molecular weight is 559 g/mol. The molecule has 0 bridgehead atoms. The van der Waals surface area contributed by atoms with E-state index >= 15 is 0 Å². The summed E-state index contributed by atoms with van der Waals surface area (Å²) in [5, 5.41) is 0. The molecule has 1 aliphatic carbocycles. The fraction of sp³-hybridized carbons (Fsp3) is 0.412. The maximum Gasteiger partial charge on any atom is 0.328 e. The highest BCUT2D eigenvalue weighted by Crippen LogP contribution is 2.44. The Morgan fingerprint density at radius 1 is 0.854 bits per heavy atom. The largest absolute Gasteiger partial charge is 0.491 e. The predicted octanol–water partition coefficient (Wildman–Crippen LogP) is 5.97. The van der Waals surface area contributed by atoms with Crippen molar-refractivity contribution < 1.29 is 33.3 Å². The second-order valence-corrected chi connectivity index (χ2v) is 10.8. The summed E-state index contributed by atoms with van der Waals surface area (Å²) < 4.78 is 29.8. The molecule has 1 saturated heterocycles. The number of benzene rings is 3. The molecule has 3 aromatic carbocycles. The molecule has 1 heterocycles. The molecule has 0 amide bonds. The molecular formula is C34H38O7. The lowest BCUT2D eigenvalue weighted by Gasteiger charge is -2.26. The summed E-state index contributed by atoms with van der Waals surface area (Å²) in [5.74, 6) is 0.459. The molecule has 3 atom stereocenters. The molecule has 0 N–H and O–H groups in total. The van der Waals surface area contributed by atoms with Gasteiger partial charge in [0.15, 0.2) is 5.41 Å². The van der Waals surface area contributed by atoms with Crippen LogP contribution in [-0.4, -0.2) is 44.0 Å². The van der Waals surface area contributed by atoms with Crippen LogP contribution in [0.2, 0.25) is 0 Å². The normalized spacial score (nSPS) is 20.7. The van der Waals surface area contributed by atoms with E-state index in [0.29, 0.717) is 31.4 Å². The van der Waals surface area contributed by atoms with Gasteiger partial charge in [0, 0.05) is 6.42 Å². The predicted molar refractivity (Wildman–Crippen MR) is 154 cm³/mol. The van der Waals surface area contributed by atoms with E-state index in [0.717, 1.165) is 28.2 Å². The number of hydrogen-bond acceptors (Lipinski definition) is 7. The second-order valence-electron chi connectivity index (χ2n) is 10.8. The van der Waals surface area contributed by atoms with Gasteiger partial charge in [-0.05, 0) is 81.5 Å². The van der Waals surface area contributed by atoms with Crippen LogP contribution in [-0.2, 0) is 35.6 Å². The van der Waals surface area contributed by atoms with E-state index in [2.05, 4.69) is 0 Å². The van der Waals surface area contributed by atoms with Crippen molar-refractivity contribution in [2.24, 2.45) is 0 Å². The Morgan fingerprint density at radius 2 is 1.46 bits per heavy atom. The molecule has 7 heteroatoms. The van der Waals surface area contributed by atoms with Gasteiger partial charge in [-0.25, -0.2) is 0 Å². The molecule has 0 saturated carbocycles. The Bertz CT molecular complexity index is 1340. The van der Waals surface area contributed by atoms with E-state index in [9.17, 15) is 9.59 Å². The van der Waals surface area contributed by atoms with Crippen LogP contribution in [0.25, 0.3) is 0 Å². The maximum absolute atomic E-state index is 13.1. The summed E-state index contributed by atoms with van der Waals surface area (Å²) in [6.45, 7) is 8.29. The van der Waals surface area contributed by atoms with Gasteiger partial charge < -0.3 is 23.7 Å². The highest BCUT2D eigenvalue weighted by molar-refractivity contribution is 6.07. The molecule has 0 spiro atoms. The standard InChI is InChI=1S/C34H38O7/c1-5-37-32(35)34(33(36)38-6-2)18-17-24-19-25(11-16-28(24)34)29-20-30(40-27-14-9-23(4)10-15-27)31(41-29)21-39-26-12-7-22(3)8-13-26/h7-16,19,29-31H,5-6,17-18,20-21H2,1-4H3/t29-,30-,31+/m0/s1. The first-order valence-corrected chi connectivity index (χ1v) is 14.4. The highest BCUT2D eigenvalue weighted by atomic mass is 16.6. The monoisotopic (exact) mass is 558 g/mol. The highest BCUT2D eigenvalue weighted by Gasteiger charge is 2.54. The zero-order valence-electron chi connectivity index (χ0n) is 24.2. The third kappa shape index (κ3) is 5.96. The number of ether oxygens (including phenoxy) is 5. The Balaban J connectivity index is 1.38. The molecule has 41 heavy (non-hydrogen) atoms. The van der Waals surface area contributed by atoms with Crippen molar-refractivity contribution in [3.05, 3.63) is 94.5 Å². The zero-order valence-corrected chi connectivity index (χ0v) is 24.2. The van der Waals surface area contributed by atoms with Crippen molar-refractivity contribution in [1.29, 1.82) is 0 Å². The van der Waals surface area contributed by atoms with E-state index in [1.807, 2.05) is 80.6 Å². The number of carbonyl (C=O) groups excluding carboxylic acids is 2. The van der Waals surface area contributed by atoms with Gasteiger partial charge in [0.25, 0.3) is 0 Å². The van der Waals surface area contributed by atoms with Crippen molar-refractivity contribution in [2.75, 3.05) is 19.8 Å². The summed E-state index contributed by atoms with van der Waals surface area (Å²) >= 11 is 0. The summed E-state index contributed by atoms with van der Waals surface area (Å²) in [7, 11) is 0. The van der Waals surface area contributed by atoms with Crippen LogP contribution in [0.1, 0.15) is 60.6 Å². The molecule has 216 valence electrons. The fourth-order valence-electron chi connectivity index (χ4n) is 5.72. The summed E-state index contributed by atoms with van der Waals surface area (Å²) in [6.07, 6.45) is 0.768. The molecular weight excluding hydrogens is 520 g/mol. The minimum absolute atomic E-state index is 0.192. The zero-order chi connectivity index (χ0) is 29.0. The van der Waals surface area contributed by atoms with E-state index in [-0.39, 0.29) is 31.5 Å². The van der Waals surface area contributed by atoms with E-state index < -0.39 is 17.4 Å². The number of aryl methyl sites for hydroxylation is 3. The number of carbonyl (C=O) groups is 2. The topological polar surface area (TPSA) is 80.3 Å². The number of rotatable bonds is 10. The summed E-state index contributed by atoms with van der Waals surface area (Å²) in [6, 6.07) is 21.8. The lowest BCUT2D eigenvalue weighted by Crippen LogP contribution is -2.44. The van der Waals surface area contributed by atoms with Crippen molar-refractivity contribution >= 4 is 11.9 Å². The van der Waals surface area contributed by atoms with Crippen LogP contribution in [0.3, 0.4) is 0 Å². The maximum atomic E-state index is 13.1. The summed E-state index contributed by atoms with van der Waals surface area (Å²) in [4.78, 5) is 26.2. The smallest absolute Gasteiger partial charge is 0.328 e. The van der Waals surface area contributed by atoms with Gasteiger partial charge in [-0.15, -0.1) is 0 Å². The third-order valence-electron chi connectivity index (χ3n) is 7.92. The number of esters is 2. The van der Waals surface area contributed by atoms with Crippen LogP contribution < -0.4 is 9.47 Å². The van der Waals surface area contributed by atoms with Crippen LogP contribution in [0.4, 0.5) is 0 Å². The van der Waals surface area contributed by atoms with Crippen LogP contribution >= 0.6 is 0 Å². The van der Waals surface area contributed by atoms with E-state index in [1.165, 1.54) is 5.56 Å². The molecule has 0 aromatic heterocycles. The lowest BCUT2D eigenvalue weighted by molar-refractivity contribution is -0.164. The van der Waals surface area contributed by atoms with Crippen LogP contribution in [0.15, 0.2) is 66.7 Å². The Hall–Kier alpha value is -3.84. The quantitative estimate of drug-likeness (QED) is 0.224. The Labute approximate surface area is 241 Å². The van der Waals surface area contributed by atoms with Gasteiger partial charge in [-0.3, -0.25) is 9.59 Å². The van der Waals surface area contributed by atoms with E-state index in [1.54, 1.807) is 13.8 Å². The van der Waals surface area contributed by atoms with Crippen LogP contribution in [0, 0.1) is 13.8 Å². The van der Waals surface area contributed by atoms with Gasteiger partial charge >= 0.3 is 11.9 Å². The van der Waals surface area contributed by atoms with E-state index in [4.69, 9.17) is 23.7 Å². The molecule has 2 aliphatic rings. The fourth-order valence-corrected chi connectivity index (χ4v) is 5.72. The first-order chi connectivity index (χ1) is 19.8. The minimum atomic E-state index is -1.43. The van der Waals surface area contributed by atoms with Crippen molar-refractivity contribution in [3.63, 3.8) is 0 Å². The first kappa shape index (κ1) is 28.7. The molecule has 5 rings (SSSR count). The molecule has 3 aromatic rings. The molecule has 1 aliphatic heterocycles. The summed E-state index contributed by atoms with van der Waals surface area (Å²) in [5.41, 5.74) is 3.46. The molecule has 1 fully saturated rings. The van der Waals surface area contributed by atoms with Gasteiger partial charge in [0.05, 0.1) is 19.3 Å². The Morgan fingerprint density at radius 3 is 2.07 bits per heavy atom. The van der Waals surface area contributed by atoms with Crippen molar-refractivity contribution in [3.8, 4) is 11.5 Å². The first-order valence-electron chi connectivity index (χ1n) is 14.4. The molecule has 0 unspecified atom stereocenters. The number of hydrogen-bond donors (Lipinski definition) is 0. The minimum Gasteiger partial charge on any atom is -0.491 e. The average Bonchev–Trinajstić information content (AvgIpc) is 3.56. The van der Waals surface area contributed by atoms with Gasteiger partial charge in [0.2, 0.25) is 0 Å². The van der Waals surface area contributed by atoms with Crippen LogP contribution in [0.5, 0.6) is 11.5 Å². The van der Waals surface area contributed by atoms with Gasteiger partial charge in [-0.2, -0.15) is 0 Å². The number of fused-ring (bicyclic) bond motifs is 1. The van der Waals surface area contributed by atoms with Crippen molar-refractivity contribution in [2.45, 2.75) is 70.7 Å². The van der Waals surface area contributed by atoms with Gasteiger partial charge in [-0.1, -0.05) is 53.6 Å². The van der Waals surface area contributed by atoms with Crippen molar-refractivity contribution in [1.82, 2.24) is 0 Å². The Kier molecular flexibility index (Phi) is 8.64. The van der Waals surface area contributed by atoms with Gasteiger partial charge in [0.1, 0.15) is 30.3 Å². The SMILES string of the molecule is CCOC(=O)C1(C(=O)OCC)CCc2cc([C@@H]3C[C@H](Oc4ccc(C)cc4)[C@@H](COc4ccc(C)cc4)O3)ccc21. The molecule has 0 radical (unpaired) electrons. The lowest BCUT2D eigenvalue weighted by atomic mass is 9.81. The molecule has 7 nitrogen and oxygen atoms in total. The third-order valence-corrected chi connectivity index (χ3v) is 7.92. The second kappa shape index (κ2) is 12.4.